The first-order valence-electron chi connectivity index (χ1n) is 6.15. The van der Waals surface area contributed by atoms with Crippen molar-refractivity contribution in [3.8, 4) is 0 Å². The molecule has 0 aromatic carbocycles. The Hall–Kier alpha value is -2.12. The Balaban J connectivity index is 2.36. The summed E-state index contributed by atoms with van der Waals surface area (Å²) in [5.41, 5.74) is 5.52. The summed E-state index contributed by atoms with van der Waals surface area (Å²) < 4.78 is 0. The maximum Gasteiger partial charge on any atom is 0.231 e. The van der Waals surface area contributed by atoms with Gasteiger partial charge in [-0.3, -0.25) is 9.89 Å². The van der Waals surface area contributed by atoms with Crippen LogP contribution in [0.15, 0.2) is 11.5 Å². The molecule has 0 aliphatic heterocycles. The summed E-state index contributed by atoms with van der Waals surface area (Å²) in [5, 5.41) is 20.8. The van der Waals surface area contributed by atoms with E-state index in [1.807, 2.05) is 13.8 Å². The molecule has 0 bridgehead atoms. The quantitative estimate of drug-likeness (QED) is 0.180. The van der Waals surface area contributed by atoms with Crippen LogP contribution in [-0.2, 0) is 11.2 Å². The van der Waals surface area contributed by atoms with Crippen LogP contribution in [0.4, 0.5) is 0 Å². The smallest absolute Gasteiger partial charge is 0.231 e. The number of nitrogens with two attached hydrogens (primary N) is 1. The van der Waals surface area contributed by atoms with E-state index in [1.165, 1.54) is 6.33 Å². The Kier molecular flexibility index (Phi) is 5.77. The highest BCUT2D eigenvalue weighted by molar-refractivity contribution is 6.02. The van der Waals surface area contributed by atoms with Gasteiger partial charge in [-0.2, -0.15) is 5.10 Å². The number of amidine groups is 1. The molecule has 0 aliphatic rings. The zero-order chi connectivity index (χ0) is 14.3. The van der Waals surface area contributed by atoms with Gasteiger partial charge in [0.25, 0.3) is 0 Å². The van der Waals surface area contributed by atoms with E-state index >= 15 is 0 Å². The van der Waals surface area contributed by atoms with Crippen LogP contribution in [-0.4, -0.2) is 38.7 Å². The first-order valence-corrected chi connectivity index (χ1v) is 6.15. The Bertz CT molecular complexity index is 415. The Morgan fingerprint density at radius 1 is 1.63 bits per heavy atom. The molecular weight excluding hydrogens is 248 g/mol. The molecule has 106 valence electrons. The highest BCUT2D eigenvalue weighted by Gasteiger charge is 2.26. The lowest BCUT2D eigenvalue weighted by molar-refractivity contribution is -0.124. The minimum absolute atomic E-state index is 0.0369. The summed E-state index contributed by atoms with van der Waals surface area (Å²) in [6.45, 7) is 4.19. The van der Waals surface area contributed by atoms with E-state index in [0.29, 0.717) is 13.0 Å². The number of amides is 1. The van der Waals surface area contributed by atoms with E-state index in [2.05, 4.69) is 25.7 Å². The number of carbonyl (C=O) groups is 1. The molecule has 1 atom stereocenters. The number of aromatic nitrogens is 3. The van der Waals surface area contributed by atoms with Crippen LogP contribution < -0.4 is 11.1 Å². The van der Waals surface area contributed by atoms with E-state index in [4.69, 9.17) is 10.9 Å². The average Bonchev–Trinajstić information content (AvgIpc) is 2.87. The summed E-state index contributed by atoms with van der Waals surface area (Å²) in [7, 11) is 0. The lowest BCUT2D eigenvalue weighted by Gasteiger charge is -2.18. The maximum absolute atomic E-state index is 11.9. The van der Waals surface area contributed by atoms with Gasteiger partial charge in [0.15, 0.2) is 5.84 Å². The van der Waals surface area contributed by atoms with E-state index in [-0.39, 0.29) is 17.7 Å². The Morgan fingerprint density at radius 3 is 2.89 bits per heavy atom. The lowest BCUT2D eigenvalue weighted by atomic mass is 9.94. The first kappa shape index (κ1) is 14.9. The van der Waals surface area contributed by atoms with Crippen molar-refractivity contribution in [2.24, 2.45) is 22.7 Å². The molecule has 0 saturated heterocycles. The van der Waals surface area contributed by atoms with E-state index in [9.17, 15) is 4.79 Å². The van der Waals surface area contributed by atoms with Gasteiger partial charge in [0, 0.05) is 13.0 Å². The van der Waals surface area contributed by atoms with Crippen molar-refractivity contribution >= 4 is 11.7 Å². The topological polar surface area (TPSA) is 129 Å². The largest absolute Gasteiger partial charge is 0.409 e. The number of oxime groups is 1. The van der Waals surface area contributed by atoms with Gasteiger partial charge in [-0.05, 0) is 12.3 Å². The normalized spacial score (nSPS) is 13.5. The van der Waals surface area contributed by atoms with Gasteiger partial charge in [-0.1, -0.05) is 19.0 Å². The number of aromatic amines is 1. The van der Waals surface area contributed by atoms with Crippen LogP contribution in [0.2, 0.25) is 0 Å². The molecular formula is C11H20N6O2. The molecule has 8 nitrogen and oxygen atoms in total. The summed E-state index contributed by atoms with van der Waals surface area (Å²) in [4.78, 5) is 15.9. The second kappa shape index (κ2) is 7.34. The third-order valence-corrected chi connectivity index (χ3v) is 2.74. The number of nitrogens with one attached hydrogen (secondary N) is 2. The zero-order valence-corrected chi connectivity index (χ0v) is 11.1. The SMILES string of the molecule is CC(C)C(C(=O)NCCCc1ncn[nH]1)C(N)=NO. The van der Waals surface area contributed by atoms with Gasteiger partial charge in [0.05, 0.1) is 0 Å². The molecule has 0 fully saturated rings. The molecule has 0 aliphatic carbocycles. The Labute approximate surface area is 111 Å². The lowest BCUT2D eigenvalue weighted by Crippen LogP contribution is -2.42. The van der Waals surface area contributed by atoms with Crippen molar-refractivity contribution in [1.29, 1.82) is 0 Å². The van der Waals surface area contributed by atoms with Crippen LogP contribution in [0.1, 0.15) is 26.1 Å². The molecule has 1 rings (SSSR count). The van der Waals surface area contributed by atoms with Crippen molar-refractivity contribution in [1.82, 2.24) is 20.5 Å². The predicted molar refractivity (Wildman–Crippen MR) is 69.5 cm³/mol. The van der Waals surface area contributed by atoms with Crippen molar-refractivity contribution in [2.45, 2.75) is 26.7 Å². The molecule has 1 heterocycles. The average molecular weight is 268 g/mol. The molecule has 0 saturated carbocycles. The van der Waals surface area contributed by atoms with Gasteiger partial charge in [-0.15, -0.1) is 0 Å². The molecule has 0 spiro atoms. The number of aryl methyl sites for hydroxylation is 1. The van der Waals surface area contributed by atoms with E-state index in [1.54, 1.807) is 0 Å². The Morgan fingerprint density at radius 2 is 2.37 bits per heavy atom. The maximum atomic E-state index is 11.9. The summed E-state index contributed by atoms with van der Waals surface area (Å²) >= 11 is 0. The molecule has 19 heavy (non-hydrogen) atoms. The zero-order valence-electron chi connectivity index (χ0n) is 11.1. The van der Waals surface area contributed by atoms with Gasteiger partial charge in [0.1, 0.15) is 18.1 Å². The highest BCUT2D eigenvalue weighted by Crippen LogP contribution is 2.11. The number of hydrogen-bond donors (Lipinski definition) is 4. The third kappa shape index (κ3) is 4.57. The molecule has 1 amide bonds. The number of rotatable bonds is 7. The monoisotopic (exact) mass is 268 g/mol. The van der Waals surface area contributed by atoms with Gasteiger partial charge >= 0.3 is 0 Å². The highest BCUT2D eigenvalue weighted by atomic mass is 16.4. The number of H-pyrrole nitrogens is 1. The van der Waals surface area contributed by atoms with Gasteiger partial charge < -0.3 is 16.3 Å². The van der Waals surface area contributed by atoms with Crippen molar-refractivity contribution in [2.75, 3.05) is 6.54 Å². The van der Waals surface area contributed by atoms with Crippen molar-refractivity contribution in [3.05, 3.63) is 12.2 Å². The van der Waals surface area contributed by atoms with Crippen LogP contribution in [0.25, 0.3) is 0 Å². The van der Waals surface area contributed by atoms with Gasteiger partial charge in [-0.25, -0.2) is 4.98 Å². The number of carbonyl (C=O) groups excluding carboxylic acids is 1. The fourth-order valence-electron chi connectivity index (χ4n) is 1.77. The van der Waals surface area contributed by atoms with Crippen molar-refractivity contribution in [3.63, 3.8) is 0 Å². The third-order valence-electron chi connectivity index (χ3n) is 2.74. The standard InChI is InChI=1S/C11H20N6O2/c1-7(2)9(10(12)17-19)11(18)13-5-3-4-8-14-6-15-16-8/h6-7,9,19H,3-5H2,1-2H3,(H2,12,17)(H,13,18)(H,14,15,16). The van der Waals surface area contributed by atoms with Crippen LogP contribution in [0, 0.1) is 11.8 Å². The molecule has 1 aromatic heterocycles. The minimum Gasteiger partial charge on any atom is -0.409 e. The first-order chi connectivity index (χ1) is 9.06. The van der Waals surface area contributed by atoms with E-state index in [0.717, 1.165) is 12.2 Å². The molecule has 1 unspecified atom stereocenters. The number of nitrogens with zero attached hydrogens (tertiary/aromatic N) is 3. The number of hydrogen-bond acceptors (Lipinski definition) is 5. The van der Waals surface area contributed by atoms with Crippen LogP contribution in [0.5, 0.6) is 0 Å². The second-order valence-electron chi connectivity index (χ2n) is 4.57. The summed E-state index contributed by atoms with van der Waals surface area (Å²) in [6, 6.07) is 0. The predicted octanol–water partition coefficient (Wildman–Crippen LogP) is -0.128. The fourth-order valence-corrected chi connectivity index (χ4v) is 1.77. The van der Waals surface area contributed by atoms with Crippen LogP contribution in [0.3, 0.4) is 0 Å². The minimum atomic E-state index is -0.615. The van der Waals surface area contributed by atoms with Crippen LogP contribution >= 0.6 is 0 Å². The summed E-state index contributed by atoms with van der Waals surface area (Å²) in [6.07, 6.45) is 2.89. The van der Waals surface area contributed by atoms with Crippen molar-refractivity contribution < 1.29 is 10.0 Å². The molecule has 5 N–H and O–H groups in total. The van der Waals surface area contributed by atoms with Gasteiger partial charge in [0.2, 0.25) is 5.91 Å². The molecule has 1 aromatic rings. The summed E-state index contributed by atoms with van der Waals surface area (Å²) in [5.74, 6) is -0.169. The fraction of sp³-hybridized carbons (Fsp3) is 0.636. The molecule has 0 radical (unpaired) electrons. The van der Waals surface area contributed by atoms with E-state index < -0.39 is 5.92 Å². The second-order valence-corrected chi connectivity index (χ2v) is 4.57. The molecule has 8 heteroatoms.